The average Bonchev–Trinajstić information content (AvgIpc) is 3.28. The van der Waals surface area contributed by atoms with Crippen LogP contribution in [0.4, 0.5) is 11.6 Å². The topological polar surface area (TPSA) is 67.1 Å². The molecule has 0 amide bonds. The van der Waals surface area contributed by atoms with E-state index < -0.39 is 0 Å². The van der Waals surface area contributed by atoms with E-state index in [-0.39, 0.29) is 0 Å². The van der Waals surface area contributed by atoms with Crippen LogP contribution in [0.5, 0.6) is 0 Å². The molecule has 0 fully saturated rings. The second kappa shape index (κ2) is 15.5. The van der Waals surface area contributed by atoms with E-state index in [2.05, 4.69) is 15.6 Å². The summed E-state index contributed by atoms with van der Waals surface area (Å²) in [6.07, 6.45) is 3.71. The maximum absolute atomic E-state index is 5.18. The molecule has 4 aromatic rings. The van der Waals surface area contributed by atoms with Gasteiger partial charge in [-0.1, -0.05) is 72.0 Å². The molecule has 0 atom stereocenters. The zero-order valence-electron chi connectivity index (χ0n) is 21.7. The zero-order valence-corrected chi connectivity index (χ0v) is 22.5. The lowest BCUT2D eigenvalue weighted by atomic mass is 10.0. The Labute approximate surface area is 209 Å². The van der Waals surface area contributed by atoms with E-state index in [0.29, 0.717) is 5.95 Å². The van der Waals surface area contributed by atoms with Gasteiger partial charge in [0, 0.05) is 30.2 Å². The highest BCUT2D eigenvalue weighted by atomic mass is 32.1. The Hall–Kier alpha value is -3.32. The van der Waals surface area contributed by atoms with Gasteiger partial charge in [-0.3, -0.25) is 0 Å². The third-order valence-corrected chi connectivity index (χ3v) is 4.35. The molecule has 0 saturated heterocycles. The van der Waals surface area contributed by atoms with E-state index in [0.717, 1.165) is 45.3 Å². The van der Waals surface area contributed by atoms with E-state index in [4.69, 9.17) is 22.3 Å². The first-order valence-electron chi connectivity index (χ1n) is 12.1. The second-order valence-electron chi connectivity index (χ2n) is 6.31. The van der Waals surface area contributed by atoms with Crippen LogP contribution in [0.2, 0.25) is 0 Å². The van der Waals surface area contributed by atoms with Gasteiger partial charge in [-0.05, 0) is 44.2 Å². The predicted molar refractivity (Wildman–Crippen MR) is 152 cm³/mol. The van der Waals surface area contributed by atoms with Crippen molar-refractivity contribution >= 4 is 34.4 Å². The molecule has 2 N–H and O–H groups in total. The molecule has 0 saturated carbocycles. The van der Waals surface area contributed by atoms with E-state index in [9.17, 15) is 0 Å². The first-order valence-corrected chi connectivity index (χ1v) is 12.5. The first kappa shape index (κ1) is 28.7. The summed E-state index contributed by atoms with van der Waals surface area (Å²) in [6.45, 7) is 16.6. The van der Waals surface area contributed by atoms with Crippen molar-refractivity contribution in [2.24, 2.45) is 0 Å². The highest BCUT2D eigenvalue weighted by Gasteiger charge is 2.18. The second-order valence-corrected chi connectivity index (χ2v) is 6.92. The van der Waals surface area contributed by atoms with Crippen LogP contribution in [0.25, 0.3) is 28.0 Å². The number of nitrogens with zero attached hydrogens (tertiary/aromatic N) is 4. The molecule has 0 aliphatic heterocycles. The highest BCUT2D eigenvalue weighted by Crippen LogP contribution is 2.35. The Morgan fingerprint density at radius 2 is 1.71 bits per heavy atom. The van der Waals surface area contributed by atoms with Gasteiger partial charge in [0.25, 0.3) is 0 Å². The SMILES string of the molecule is CC.CC.CC.CCNc1nccc(-c2c(-c3cccc(NC(C)=S)c3)nn3ccccc23)n1. The fraction of sp³-hybridized carbons (Fsp3) is 0.333. The molecule has 0 unspecified atom stereocenters. The summed E-state index contributed by atoms with van der Waals surface area (Å²) in [5, 5.41) is 11.2. The van der Waals surface area contributed by atoms with E-state index in [1.54, 1.807) is 6.20 Å². The van der Waals surface area contributed by atoms with Crippen molar-refractivity contribution in [3.05, 3.63) is 60.9 Å². The Balaban J connectivity index is 0.000000894. The summed E-state index contributed by atoms with van der Waals surface area (Å²) in [6, 6.07) is 16.0. The van der Waals surface area contributed by atoms with Gasteiger partial charge in [0.2, 0.25) is 5.95 Å². The van der Waals surface area contributed by atoms with Gasteiger partial charge in [-0.2, -0.15) is 5.10 Å². The Bertz CT molecular complexity index is 1150. The lowest BCUT2D eigenvalue weighted by Crippen LogP contribution is -2.03. The number of rotatable bonds is 5. The van der Waals surface area contributed by atoms with Gasteiger partial charge in [0.1, 0.15) is 5.69 Å². The number of hydrogen-bond donors (Lipinski definition) is 2. The van der Waals surface area contributed by atoms with Crippen LogP contribution in [0.1, 0.15) is 55.4 Å². The summed E-state index contributed by atoms with van der Waals surface area (Å²) in [7, 11) is 0. The number of hydrogen-bond acceptors (Lipinski definition) is 5. The Morgan fingerprint density at radius 1 is 0.971 bits per heavy atom. The molecule has 34 heavy (non-hydrogen) atoms. The molecule has 0 aliphatic rings. The minimum Gasteiger partial charge on any atom is -0.354 e. The number of aromatic nitrogens is 4. The standard InChI is InChI=1S/C21H20N6S.3C2H6/c1-3-22-21-23-11-10-17(25-21)19-18-9-4-5-12-27(18)26-20(19)15-7-6-8-16(13-15)24-14(2)28;3*1-2/h4-13H,3H2,1-2H3,(H,24,28)(H,22,23,25);3*1-2H3. The molecular formula is C27H38N6S. The largest absolute Gasteiger partial charge is 0.354 e. The number of thiocarbonyl (C=S) groups is 1. The minimum atomic E-state index is 0.605. The molecule has 0 radical (unpaired) electrons. The third-order valence-electron chi connectivity index (χ3n) is 4.24. The summed E-state index contributed by atoms with van der Waals surface area (Å²) in [5.74, 6) is 0.605. The zero-order chi connectivity index (χ0) is 25.5. The fourth-order valence-corrected chi connectivity index (χ4v) is 3.26. The van der Waals surface area contributed by atoms with E-state index >= 15 is 0 Å². The maximum Gasteiger partial charge on any atom is 0.223 e. The Morgan fingerprint density at radius 3 is 2.38 bits per heavy atom. The molecule has 6 nitrogen and oxygen atoms in total. The number of fused-ring (bicyclic) bond motifs is 1. The third kappa shape index (κ3) is 7.35. The monoisotopic (exact) mass is 478 g/mol. The van der Waals surface area contributed by atoms with Crippen LogP contribution >= 0.6 is 12.2 Å². The van der Waals surface area contributed by atoms with Crippen molar-refractivity contribution < 1.29 is 0 Å². The van der Waals surface area contributed by atoms with Crippen LogP contribution in [0.15, 0.2) is 60.9 Å². The minimum absolute atomic E-state index is 0.605. The van der Waals surface area contributed by atoms with Gasteiger partial charge >= 0.3 is 0 Å². The lowest BCUT2D eigenvalue weighted by molar-refractivity contribution is 0.966. The van der Waals surface area contributed by atoms with Crippen molar-refractivity contribution in [3.63, 3.8) is 0 Å². The molecule has 3 aromatic heterocycles. The van der Waals surface area contributed by atoms with Crippen LogP contribution in [-0.4, -0.2) is 31.1 Å². The van der Waals surface area contributed by atoms with E-state index in [1.807, 2.05) is 115 Å². The molecule has 7 heteroatoms. The summed E-state index contributed by atoms with van der Waals surface area (Å²) in [4.78, 5) is 9.72. The van der Waals surface area contributed by atoms with Crippen molar-refractivity contribution in [2.75, 3.05) is 17.2 Å². The lowest BCUT2D eigenvalue weighted by Gasteiger charge is -2.08. The molecule has 3 heterocycles. The van der Waals surface area contributed by atoms with Gasteiger partial charge in [0.05, 0.1) is 21.8 Å². The summed E-state index contributed by atoms with van der Waals surface area (Å²) in [5.41, 5.74) is 5.57. The maximum atomic E-state index is 5.18. The molecular weight excluding hydrogens is 440 g/mol. The first-order chi connectivity index (χ1) is 16.7. The van der Waals surface area contributed by atoms with Crippen LogP contribution in [0.3, 0.4) is 0 Å². The Kier molecular flexibility index (Phi) is 13.1. The number of benzene rings is 1. The quantitative estimate of drug-likeness (QED) is 0.286. The predicted octanol–water partition coefficient (Wildman–Crippen LogP) is 7.73. The number of nitrogens with one attached hydrogen (secondary N) is 2. The smallest absolute Gasteiger partial charge is 0.223 e. The molecule has 0 aliphatic carbocycles. The van der Waals surface area contributed by atoms with Crippen LogP contribution in [0, 0.1) is 0 Å². The van der Waals surface area contributed by atoms with Gasteiger partial charge in [0.15, 0.2) is 0 Å². The van der Waals surface area contributed by atoms with Crippen LogP contribution < -0.4 is 10.6 Å². The van der Waals surface area contributed by atoms with Gasteiger partial charge in [-0.25, -0.2) is 14.5 Å². The normalized spacial score (nSPS) is 9.41. The summed E-state index contributed by atoms with van der Waals surface area (Å²) < 4.78 is 1.88. The molecule has 182 valence electrons. The van der Waals surface area contributed by atoms with Crippen molar-refractivity contribution in [1.82, 2.24) is 19.6 Å². The molecule has 1 aromatic carbocycles. The molecule has 4 rings (SSSR count). The number of anilines is 2. The van der Waals surface area contributed by atoms with Crippen molar-refractivity contribution in [2.45, 2.75) is 55.4 Å². The average molecular weight is 479 g/mol. The van der Waals surface area contributed by atoms with Gasteiger partial charge in [-0.15, -0.1) is 0 Å². The highest BCUT2D eigenvalue weighted by molar-refractivity contribution is 7.80. The fourth-order valence-electron chi connectivity index (χ4n) is 3.14. The van der Waals surface area contributed by atoms with Crippen molar-refractivity contribution in [1.29, 1.82) is 0 Å². The van der Waals surface area contributed by atoms with E-state index in [1.165, 1.54) is 0 Å². The molecule has 0 bridgehead atoms. The molecule has 0 spiro atoms. The summed E-state index contributed by atoms with van der Waals surface area (Å²) >= 11 is 5.18. The van der Waals surface area contributed by atoms with Crippen molar-refractivity contribution in [3.8, 4) is 22.5 Å². The number of pyridine rings is 1. The van der Waals surface area contributed by atoms with Gasteiger partial charge < -0.3 is 10.6 Å². The van der Waals surface area contributed by atoms with Crippen LogP contribution in [-0.2, 0) is 0 Å².